The van der Waals surface area contributed by atoms with Gasteiger partial charge in [-0.1, -0.05) is 12.1 Å². The molecule has 21 heavy (non-hydrogen) atoms. The minimum atomic E-state index is -0.394. The molecule has 0 radical (unpaired) electrons. The third kappa shape index (κ3) is 2.27. The molecule has 0 spiro atoms. The normalized spacial score (nSPS) is 11.2. The van der Waals surface area contributed by atoms with Crippen LogP contribution in [0.15, 0.2) is 48.5 Å². The Bertz CT molecular complexity index is 804. The molecule has 0 saturated heterocycles. The van der Waals surface area contributed by atoms with Crippen molar-refractivity contribution in [3.63, 3.8) is 0 Å². The van der Waals surface area contributed by atoms with Crippen LogP contribution in [0.4, 0.5) is 5.69 Å². The van der Waals surface area contributed by atoms with Crippen LogP contribution in [0.25, 0.3) is 22.4 Å². The Labute approximate surface area is 122 Å². The van der Waals surface area contributed by atoms with Gasteiger partial charge in [-0.15, -0.1) is 0 Å². The van der Waals surface area contributed by atoms with Gasteiger partial charge in [0.15, 0.2) is 0 Å². The van der Waals surface area contributed by atoms with Crippen molar-refractivity contribution in [2.75, 3.05) is 0 Å². The number of nitro groups is 1. The molecule has 0 saturated carbocycles. The second kappa shape index (κ2) is 5.01. The van der Waals surface area contributed by atoms with E-state index in [2.05, 4.69) is 23.4 Å². The molecule has 0 fully saturated rings. The van der Waals surface area contributed by atoms with E-state index in [-0.39, 0.29) is 11.7 Å². The molecule has 106 valence electrons. The van der Waals surface area contributed by atoms with Gasteiger partial charge in [-0.25, -0.2) is 4.98 Å². The summed E-state index contributed by atoms with van der Waals surface area (Å²) in [6.45, 7) is 4.20. The lowest BCUT2D eigenvalue weighted by atomic mass is 10.2. The number of non-ortho nitro benzene ring substituents is 1. The minimum Gasteiger partial charge on any atom is -0.321 e. The lowest BCUT2D eigenvalue weighted by Crippen LogP contribution is -2.03. The summed E-state index contributed by atoms with van der Waals surface area (Å²) in [5, 5.41) is 10.7. The molecular weight excluding hydrogens is 266 g/mol. The third-order valence-corrected chi connectivity index (χ3v) is 3.45. The van der Waals surface area contributed by atoms with Gasteiger partial charge < -0.3 is 4.57 Å². The van der Waals surface area contributed by atoms with Crippen LogP contribution in [-0.2, 0) is 0 Å². The first-order chi connectivity index (χ1) is 10.1. The molecule has 0 aliphatic heterocycles. The van der Waals surface area contributed by atoms with Gasteiger partial charge in [-0.3, -0.25) is 10.1 Å². The number of imidazole rings is 1. The highest BCUT2D eigenvalue weighted by Crippen LogP contribution is 2.29. The zero-order valence-electron chi connectivity index (χ0n) is 11.9. The van der Waals surface area contributed by atoms with Gasteiger partial charge in [0.2, 0.25) is 0 Å². The standard InChI is InChI=1S/C16H15N3O2/c1-11(2)18-15-6-4-3-5-14(15)17-16(18)12-7-9-13(10-8-12)19(20)21/h3-11H,1-2H3. The van der Waals surface area contributed by atoms with E-state index in [4.69, 9.17) is 0 Å². The average Bonchev–Trinajstić information content (AvgIpc) is 2.86. The lowest BCUT2D eigenvalue weighted by molar-refractivity contribution is -0.384. The second-order valence-electron chi connectivity index (χ2n) is 5.19. The van der Waals surface area contributed by atoms with E-state index in [9.17, 15) is 10.1 Å². The van der Waals surface area contributed by atoms with E-state index in [0.717, 1.165) is 22.4 Å². The summed E-state index contributed by atoms with van der Waals surface area (Å²) >= 11 is 0. The fourth-order valence-electron chi connectivity index (χ4n) is 2.50. The van der Waals surface area contributed by atoms with Crippen molar-refractivity contribution in [2.24, 2.45) is 0 Å². The first-order valence-corrected chi connectivity index (χ1v) is 6.79. The van der Waals surface area contributed by atoms with Gasteiger partial charge in [-0.05, 0) is 38.1 Å². The van der Waals surface area contributed by atoms with Crippen LogP contribution >= 0.6 is 0 Å². The molecule has 3 rings (SSSR count). The fraction of sp³-hybridized carbons (Fsp3) is 0.188. The number of aromatic nitrogens is 2. The number of hydrogen-bond acceptors (Lipinski definition) is 3. The smallest absolute Gasteiger partial charge is 0.269 e. The Kier molecular flexibility index (Phi) is 3.17. The summed E-state index contributed by atoms with van der Waals surface area (Å²) < 4.78 is 2.15. The Morgan fingerprint density at radius 1 is 1.10 bits per heavy atom. The fourth-order valence-corrected chi connectivity index (χ4v) is 2.50. The first kappa shape index (κ1) is 13.3. The summed E-state index contributed by atoms with van der Waals surface area (Å²) in [6.07, 6.45) is 0. The van der Waals surface area contributed by atoms with E-state index in [1.54, 1.807) is 12.1 Å². The number of nitrogens with zero attached hydrogens (tertiary/aromatic N) is 3. The van der Waals surface area contributed by atoms with Gasteiger partial charge >= 0.3 is 0 Å². The Morgan fingerprint density at radius 3 is 2.38 bits per heavy atom. The largest absolute Gasteiger partial charge is 0.321 e. The van der Waals surface area contributed by atoms with Crippen LogP contribution in [0, 0.1) is 10.1 Å². The molecule has 0 atom stereocenters. The number of hydrogen-bond donors (Lipinski definition) is 0. The van der Waals surface area contributed by atoms with Crippen molar-refractivity contribution in [1.82, 2.24) is 9.55 Å². The van der Waals surface area contributed by atoms with Gasteiger partial charge in [0.1, 0.15) is 5.82 Å². The van der Waals surface area contributed by atoms with E-state index < -0.39 is 4.92 Å². The van der Waals surface area contributed by atoms with Crippen LogP contribution in [0.3, 0.4) is 0 Å². The predicted octanol–water partition coefficient (Wildman–Crippen LogP) is 4.19. The van der Waals surface area contributed by atoms with Crippen molar-refractivity contribution in [3.05, 3.63) is 58.6 Å². The van der Waals surface area contributed by atoms with Crippen LogP contribution in [0.1, 0.15) is 19.9 Å². The summed E-state index contributed by atoms with van der Waals surface area (Å²) in [4.78, 5) is 15.0. The highest BCUT2D eigenvalue weighted by atomic mass is 16.6. The molecule has 1 aromatic heterocycles. The molecule has 5 nitrogen and oxygen atoms in total. The number of fused-ring (bicyclic) bond motifs is 1. The van der Waals surface area contributed by atoms with Crippen LogP contribution in [-0.4, -0.2) is 14.5 Å². The highest BCUT2D eigenvalue weighted by molar-refractivity contribution is 5.81. The average molecular weight is 281 g/mol. The molecule has 0 unspecified atom stereocenters. The summed E-state index contributed by atoms with van der Waals surface area (Å²) in [6, 6.07) is 14.7. The van der Waals surface area contributed by atoms with Crippen molar-refractivity contribution in [3.8, 4) is 11.4 Å². The SMILES string of the molecule is CC(C)n1c(-c2ccc([N+](=O)[O-])cc2)nc2ccccc21. The monoisotopic (exact) mass is 281 g/mol. The molecule has 0 aliphatic rings. The number of rotatable bonds is 3. The zero-order valence-corrected chi connectivity index (χ0v) is 11.9. The van der Waals surface area contributed by atoms with Crippen molar-refractivity contribution in [2.45, 2.75) is 19.9 Å². The van der Waals surface area contributed by atoms with E-state index >= 15 is 0 Å². The molecule has 5 heteroatoms. The molecule has 3 aromatic rings. The molecular formula is C16H15N3O2. The molecule has 0 amide bonds. The number of para-hydroxylation sites is 2. The van der Waals surface area contributed by atoms with Crippen LogP contribution in [0.5, 0.6) is 0 Å². The molecule has 0 N–H and O–H groups in total. The van der Waals surface area contributed by atoms with Gasteiger partial charge in [0.05, 0.1) is 16.0 Å². The summed E-state index contributed by atoms with van der Waals surface area (Å²) in [5.41, 5.74) is 2.97. The van der Waals surface area contributed by atoms with E-state index in [1.165, 1.54) is 12.1 Å². The molecule has 0 bridgehead atoms. The summed E-state index contributed by atoms with van der Waals surface area (Å²) in [7, 11) is 0. The Hall–Kier alpha value is -2.69. The molecule has 1 heterocycles. The van der Waals surface area contributed by atoms with E-state index in [0.29, 0.717) is 0 Å². The van der Waals surface area contributed by atoms with Crippen molar-refractivity contribution < 1.29 is 4.92 Å². The molecule has 2 aromatic carbocycles. The maximum absolute atomic E-state index is 10.7. The first-order valence-electron chi connectivity index (χ1n) is 6.79. The quantitative estimate of drug-likeness (QED) is 0.534. The van der Waals surface area contributed by atoms with Crippen LogP contribution < -0.4 is 0 Å². The lowest BCUT2D eigenvalue weighted by Gasteiger charge is -2.13. The number of nitro benzene ring substituents is 1. The van der Waals surface area contributed by atoms with Gasteiger partial charge in [-0.2, -0.15) is 0 Å². The second-order valence-corrected chi connectivity index (χ2v) is 5.19. The maximum Gasteiger partial charge on any atom is 0.269 e. The van der Waals surface area contributed by atoms with Crippen molar-refractivity contribution >= 4 is 16.7 Å². The third-order valence-electron chi connectivity index (χ3n) is 3.45. The zero-order chi connectivity index (χ0) is 15.0. The van der Waals surface area contributed by atoms with E-state index in [1.807, 2.05) is 24.3 Å². The van der Waals surface area contributed by atoms with Crippen molar-refractivity contribution in [1.29, 1.82) is 0 Å². The molecule has 0 aliphatic carbocycles. The minimum absolute atomic E-state index is 0.0889. The predicted molar refractivity (Wildman–Crippen MR) is 82.2 cm³/mol. The topological polar surface area (TPSA) is 61.0 Å². The highest BCUT2D eigenvalue weighted by Gasteiger charge is 2.15. The maximum atomic E-state index is 10.7. The van der Waals surface area contributed by atoms with Gasteiger partial charge in [0.25, 0.3) is 5.69 Å². The Morgan fingerprint density at radius 2 is 1.76 bits per heavy atom. The number of benzene rings is 2. The van der Waals surface area contributed by atoms with Gasteiger partial charge in [0, 0.05) is 23.7 Å². The summed E-state index contributed by atoms with van der Waals surface area (Å²) in [5.74, 6) is 0.834. The Balaban J connectivity index is 2.19. The van der Waals surface area contributed by atoms with Crippen LogP contribution in [0.2, 0.25) is 0 Å².